The Morgan fingerprint density at radius 1 is 1.28 bits per heavy atom. The number of halogens is 1. The highest BCUT2D eigenvalue weighted by molar-refractivity contribution is 7.10. The molecule has 0 radical (unpaired) electrons. The first-order chi connectivity index (χ1) is 13.9. The van der Waals surface area contributed by atoms with Crippen molar-refractivity contribution in [3.05, 3.63) is 58.0 Å². The molecule has 1 aromatic carbocycles. The topological polar surface area (TPSA) is 52.7 Å². The minimum atomic E-state index is -0.311. The van der Waals surface area contributed by atoms with Gasteiger partial charge < -0.3 is 15.1 Å². The van der Waals surface area contributed by atoms with Crippen molar-refractivity contribution in [1.82, 2.24) is 15.1 Å². The second kappa shape index (κ2) is 9.98. The van der Waals surface area contributed by atoms with E-state index in [4.69, 9.17) is 0 Å². The van der Waals surface area contributed by atoms with E-state index in [0.29, 0.717) is 19.6 Å². The monoisotopic (exact) mass is 417 g/mol. The first-order valence-corrected chi connectivity index (χ1v) is 10.8. The molecule has 1 aliphatic rings. The van der Waals surface area contributed by atoms with Gasteiger partial charge in [0.05, 0.1) is 18.4 Å². The summed E-state index contributed by atoms with van der Waals surface area (Å²) in [6.07, 6.45) is 1.84. The van der Waals surface area contributed by atoms with Crippen LogP contribution >= 0.6 is 11.3 Å². The second-order valence-corrected chi connectivity index (χ2v) is 8.70. The molecule has 156 valence electrons. The van der Waals surface area contributed by atoms with Gasteiger partial charge in [-0.05, 0) is 56.1 Å². The maximum absolute atomic E-state index is 13.0. The number of carbonyl (C=O) groups excluding carboxylic acids is 2. The Labute approximate surface area is 175 Å². The highest BCUT2D eigenvalue weighted by Crippen LogP contribution is 2.23. The van der Waals surface area contributed by atoms with Crippen LogP contribution in [0.3, 0.4) is 0 Å². The Morgan fingerprint density at radius 3 is 2.69 bits per heavy atom. The zero-order valence-corrected chi connectivity index (χ0v) is 17.8. The molecular formula is C22H28FN3O2S. The molecule has 1 N–H and O–H groups in total. The van der Waals surface area contributed by atoms with Crippen LogP contribution in [0.5, 0.6) is 0 Å². The lowest BCUT2D eigenvalue weighted by Crippen LogP contribution is -2.47. The van der Waals surface area contributed by atoms with Gasteiger partial charge in [-0.1, -0.05) is 18.2 Å². The van der Waals surface area contributed by atoms with Crippen LogP contribution in [0.2, 0.25) is 0 Å². The minimum absolute atomic E-state index is 0.00712. The molecule has 1 aromatic heterocycles. The van der Waals surface area contributed by atoms with Gasteiger partial charge in [0.25, 0.3) is 0 Å². The molecule has 1 aliphatic heterocycles. The summed E-state index contributed by atoms with van der Waals surface area (Å²) in [6.45, 7) is 1.66. The quantitative estimate of drug-likeness (QED) is 0.753. The highest BCUT2D eigenvalue weighted by Gasteiger charge is 2.29. The van der Waals surface area contributed by atoms with Gasteiger partial charge in [0.2, 0.25) is 11.8 Å². The summed E-state index contributed by atoms with van der Waals surface area (Å²) < 4.78 is 13.0. The summed E-state index contributed by atoms with van der Waals surface area (Å²) in [6, 6.07) is 10.2. The molecule has 0 aliphatic carbocycles. The summed E-state index contributed by atoms with van der Waals surface area (Å²) in [5.41, 5.74) is 0.785. The number of nitrogens with zero attached hydrogens (tertiary/aromatic N) is 2. The Hall–Kier alpha value is -2.25. The third kappa shape index (κ3) is 5.87. The van der Waals surface area contributed by atoms with Crippen LogP contribution < -0.4 is 5.32 Å². The van der Waals surface area contributed by atoms with E-state index in [1.165, 1.54) is 17.0 Å². The number of likely N-dealkylation sites (tertiary alicyclic amines) is 1. The van der Waals surface area contributed by atoms with Crippen LogP contribution in [-0.2, 0) is 16.0 Å². The molecule has 5 nitrogen and oxygen atoms in total. The number of piperidine rings is 1. The molecule has 2 atom stereocenters. The largest absolute Gasteiger partial charge is 0.354 e. The van der Waals surface area contributed by atoms with E-state index in [1.807, 2.05) is 25.5 Å². The Morgan fingerprint density at radius 2 is 2.03 bits per heavy atom. The number of rotatable bonds is 7. The van der Waals surface area contributed by atoms with Gasteiger partial charge in [0.1, 0.15) is 5.82 Å². The van der Waals surface area contributed by atoms with Crippen LogP contribution in [0.1, 0.15) is 29.3 Å². The van der Waals surface area contributed by atoms with Gasteiger partial charge in [0, 0.05) is 24.5 Å². The number of thiophene rings is 1. The molecular weight excluding hydrogens is 389 g/mol. The molecule has 0 saturated carbocycles. The number of hydrogen-bond acceptors (Lipinski definition) is 4. The number of likely N-dealkylation sites (N-methyl/N-ethyl adjacent to an activating group) is 1. The predicted octanol–water partition coefficient (Wildman–Crippen LogP) is 3.09. The molecule has 2 amide bonds. The summed E-state index contributed by atoms with van der Waals surface area (Å²) in [5, 5.41) is 5.12. The smallest absolute Gasteiger partial charge is 0.227 e. The fourth-order valence-corrected chi connectivity index (χ4v) is 4.59. The molecule has 0 spiro atoms. The van der Waals surface area contributed by atoms with Crippen molar-refractivity contribution in [2.45, 2.75) is 25.3 Å². The lowest BCUT2D eigenvalue weighted by atomic mass is 9.96. The molecule has 3 rings (SSSR count). The maximum Gasteiger partial charge on any atom is 0.227 e. The zero-order chi connectivity index (χ0) is 20.8. The van der Waals surface area contributed by atoms with Crippen molar-refractivity contribution in [2.75, 3.05) is 33.7 Å². The molecule has 2 heterocycles. The average Bonchev–Trinajstić information content (AvgIpc) is 3.24. The average molecular weight is 418 g/mol. The van der Waals surface area contributed by atoms with Gasteiger partial charge in [-0.2, -0.15) is 0 Å². The van der Waals surface area contributed by atoms with Gasteiger partial charge in [-0.25, -0.2) is 4.39 Å². The third-order valence-corrected chi connectivity index (χ3v) is 6.35. The maximum atomic E-state index is 13.0. The van der Waals surface area contributed by atoms with E-state index in [-0.39, 0.29) is 36.0 Å². The van der Waals surface area contributed by atoms with Gasteiger partial charge in [-0.3, -0.25) is 9.59 Å². The second-order valence-electron chi connectivity index (χ2n) is 7.72. The van der Waals surface area contributed by atoms with Crippen LogP contribution in [0.25, 0.3) is 0 Å². The first-order valence-electron chi connectivity index (χ1n) is 9.94. The van der Waals surface area contributed by atoms with Crippen LogP contribution in [0, 0.1) is 11.7 Å². The van der Waals surface area contributed by atoms with Gasteiger partial charge >= 0.3 is 0 Å². The zero-order valence-electron chi connectivity index (χ0n) is 16.9. The van der Waals surface area contributed by atoms with Crippen LogP contribution in [0.4, 0.5) is 4.39 Å². The Balaban J connectivity index is 1.53. The Kier molecular flexibility index (Phi) is 7.39. The van der Waals surface area contributed by atoms with Crippen molar-refractivity contribution < 1.29 is 14.0 Å². The molecule has 2 aromatic rings. The summed E-state index contributed by atoms with van der Waals surface area (Å²) in [7, 11) is 4.01. The SMILES string of the molecule is CN(C)[C@H](CNC(=O)[C@@H]1CCCN(C(=O)Cc2ccc(F)cc2)C1)c1cccs1. The van der Waals surface area contributed by atoms with Crippen LogP contribution in [-0.4, -0.2) is 55.3 Å². The van der Waals surface area contributed by atoms with Crippen molar-refractivity contribution in [3.63, 3.8) is 0 Å². The van der Waals surface area contributed by atoms with E-state index in [2.05, 4.69) is 16.3 Å². The minimum Gasteiger partial charge on any atom is -0.354 e. The van der Waals surface area contributed by atoms with Gasteiger partial charge in [-0.15, -0.1) is 11.3 Å². The van der Waals surface area contributed by atoms with Crippen molar-refractivity contribution in [2.24, 2.45) is 5.92 Å². The fraction of sp³-hybridized carbons (Fsp3) is 0.455. The normalized spacial score (nSPS) is 17.9. The van der Waals surface area contributed by atoms with Crippen molar-refractivity contribution in [3.8, 4) is 0 Å². The molecule has 0 bridgehead atoms. The number of hydrogen-bond donors (Lipinski definition) is 1. The van der Waals surface area contributed by atoms with E-state index < -0.39 is 0 Å². The predicted molar refractivity (Wildman–Crippen MR) is 113 cm³/mol. The number of nitrogens with one attached hydrogen (secondary N) is 1. The summed E-state index contributed by atoms with van der Waals surface area (Å²) in [5.74, 6) is -0.506. The van der Waals surface area contributed by atoms with E-state index >= 15 is 0 Å². The molecule has 7 heteroatoms. The number of carbonyl (C=O) groups is 2. The fourth-order valence-electron chi connectivity index (χ4n) is 3.67. The lowest BCUT2D eigenvalue weighted by Gasteiger charge is -2.33. The lowest BCUT2D eigenvalue weighted by molar-refractivity contribution is -0.135. The van der Waals surface area contributed by atoms with E-state index in [9.17, 15) is 14.0 Å². The Bertz CT molecular complexity index is 808. The van der Waals surface area contributed by atoms with Crippen molar-refractivity contribution in [1.29, 1.82) is 0 Å². The van der Waals surface area contributed by atoms with Gasteiger partial charge in [0.15, 0.2) is 0 Å². The van der Waals surface area contributed by atoms with Crippen molar-refractivity contribution >= 4 is 23.2 Å². The molecule has 29 heavy (non-hydrogen) atoms. The number of amides is 2. The summed E-state index contributed by atoms with van der Waals surface area (Å²) in [4.78, 5) is 30.5. The number of benzene rings is 1. The molecule has 1 fully saturated rings. The summed E-state index contributed by atoms with van der Waals surface area (Å²) >= 11 is 1.68. The molecule has 1 saturated heterocycles. The third-order valence-electron chi connectivity index (χ3n) is 5.38. The molecule has 0 unspecified atom stereocenters. The standard InChI is InChI=1S/C22H28FN3O2S/c1-25(2)19(20-6-4-12-29-20)14-24-22(28)17-5-3-11-26(15-17)21(27)13-16-7-9-18(23)10-8-16/h4,6-10,12,17,19H,3,5,11,13-15H2,1-2H3,(H,24,28)/t17-,19-/m1/s1. The van der Waals surface area contributed by atoms with E-state index in [1.54, 1.807) is 28.4 Å². The van der Waals surface area contributed by atoms with Crippen LogP contribution in [0.15, 0.2) is 41.8 Å². The highest BCUT2D eigenvalue weighted by atomic mass is 32.1. The first kappa shape index (κ1) is 21.5. The van der Waals surface area contributed by atoms with E-state index in [0.717, 1.165) is 18.4 Å².